The van der Waals surface area contributed by atoms with E-state index in [-0.39, 0.29) is 23.4 Å². The van der Waals surface area contributed by atoms with Gasteiger partial charge in [-0.15, -0.1) is 5.10 Å². The Labute approximate surface area is 209 Å². The zero-order valence-electron chi connectivity index (χ0n) is 19.9. The van der Waals surface area contributed by atoms with Gasteiger partial charge in [0.25, 0.3) is 6.43 Å². The van der Waals surface area contributed by atoms with Crippen molar-refractivity contribution in [1.82, 2.24) is 24.6 Å². The summed E-state index contributed by atoms with van der Waals surface area (Å²) >= 11 is 0. The van der Waals surface area contributed by atoms with Gasteiger partial charge in [0.15, 0.2) is 11.5 Å². The highest BCUT2D eigenvalue weighted by atomic mass is 19.3. The Balaban J connectivity index is 1.39. The number of aliphatic hydroxyl groups is 1. The van der Waals surface area contributed by atoms with Gasteiger partial charge in [-0.1, -0.05) is 0 Å². The van der Waals surface area contributed by atoms with Crippen LogP contribution in [-0.4, -0.2) is 60.4 Å². The first-order chi connectivity index (χ1) is 17.7. The van der Waals surface area contributed by atoms with E-state index < -0.39 is 35.7 Å². The first-order valence-electron chi connectivity index (χ1n) is 12.0. The van der Waals surface area contributed by atoms with Gasteiger partial charge >= 0.3 is 0 Å². The molecule has 2 fully saturated rings. The van der Waals surface area contributed by atoms with Gasteiger partial charge in [0.2, 0.25) is 5.91 Å². The molecule has 12 heteroatoms. The largest absolute Gasteiger partial charge is 0.388 e. The average Bonchev–Trinajstić information content (AvgIpc) is 3.44. The van der Waals surface area contributed by atoms with Crippen LogP contribution < -0.4 is 10.2 Å². The number of nitrogens with zero attached hydrogens (tertiary/aromatic N) is 6. The molecule has 1 aliphatic carbocycles. The fourth-order valence-corrected chi connectivity index (χ4v) is 4.84. The second kappa shape index (κ2) is 8.65. The highest BCUT2D eigenvalue weighted by Crippen LogP contribution is 2.36. The summed E-state index contributed by atoms with van der Waals surface area (Å²) in [6.07, 6.45) is 2.06. The number of piperidine rings is 1. The Morgan fingerprint density at radius 2 is 2.05 bits per heavy atom. The third-order valence-corrected chi connectivity index (χ3v) is 6.91. The number of halogens is 3. The predicted molar refractivity (Wildman–Crippen MR) is 130 cm³/mol. The van der Waals surface area contributed by atoms with E-state index >= 15 is 0 Å². The molecule has 0 bridgehead atoms. The van der Waals surface area contributed by atoms with E-state index in [1.165, 1.54) is 18.5 Å². The Hall–Kier alpha value is -3.80. The SMILES string of the molecule is C[C@]1(O)CCCN(c2ccc3nc(-c4cnc(C(F)F)c5cnc(NC(=O)[C@@H]6C[C@@H]6F)cc45)nn3c2)C1. The molecule has 6 rings (SSSR count). The van der Waals surface area contributed by atoms with Crippen molar-refractivity contribution in [2.75, 3.05) is 23.3 Å². The second-order valence-electron chi connectivity index (χ2n) is 9.97. The number of β-amino-alcohol motifs (C(OH)–C–C–N with tert-alkyl or cyclic N) is 1. The fourth-order valence-electron chi connectivity index (χ4n) is 4.84. The van der Waals surface area contributed by atoms with E-state index in [0.29, 0.717) is 23.1 Å². The maximum Gasteiger partial charge on any atom is 0.281 e. The lowest BCUT2D eigenvalue weighted by atomic mass is 9.95. The molecule has 9 nitrogen and oxygen atoms in total. The molecule has 0 spiro atoms. The van der Waals surface area contributed by atoms with Crippen LogP contribution in [-0.2, 0) is 4.79 Å². The van der Waals surface area contributed by atoms with E-state index in [1.54, 1.807) is 10.6 Å². The number of hydrogen-bond acceptors (Lipinski definition) is 7. The van der Waals surface area contributed by atoms with Gasteiger partial charge in [0.1, 0.15) is 17.7 Å². The van der Waals surface area contributed by atoms with Crippen molar-refractivity contribution in [3.8, 4) is 11.4 Å². The van der Waals surface area contributed by atoms with Crippen LogP contribution in [0, 0.1) is 5.92 Å². The van der Waals surface area contributed by atoms with E-state index in [2.05, 4.69) is 30.3 Å². The van der Waals surface area contributed by atoms with Crippen molar-refractivity contribution in [3.05, 3.63) is 42.5 Å². The molecule has 0 unspecified atom stereocenters. The molecule has 2 aliphatic rings. The van der Waals surface area contributed by atoms with Crippen LogP contribution in [0.3, 0.4) is 0 Å². The van der Waals surface area contributed by atoms with Crippen LogP contribution in [0.1, 0.15) is 38.3 Å². The molecular weight excluding hydrogens is 487 g/mol. The Morgan fingerprint density at radius 3 is 2.78 bits per heavy atom. The highest BCUT2D eigenvalue weighted by Gasteiger charge is 2.43. The van der Waals surface area contributed by atoms with E-state index in [0.717, 1.165) is 25.1 Å². The third kappa shape index (κ3) is 4.45. The van der Waals surface area contributed by atoms with Gasteiger partial charge in [0, 0.05) is 41.8 Å². The standard InChI is InChI=1S/C25H24F3N7O2/c1-25(37)5-2-6-34(12-25)13-3-4-20-32-23(33-35(20)11-13)17-10-30-21(22(27)28)16-9-29-19(8-14(16)17)31-24(36)15-7-18(15)26/h3-4,8-11,15,18,22,37H,2,5-7,12H2,1H3,(H,29,31,36)/t15-,18+,25+/m1/s1. The van der Waals surface area contributed by atoms with Crippen molar-refractivity contribution in [3.63, 3.8) is 0 Å². The number of nitrogens with one attached hydrogen (secondary N) is 1. The monoisotopic (exact) mass is 511 g/mol. The number of amides is 1. The minimum absolute atomic E-state index is 0.107. The molecule has 4 aromatic rings. The summed E-state index contributed by atoms with van der Waals surface area (Å²) in [4.78, 5) is 26.9. The summed E-state index contributed by atoms with van der Waals surface area (Å²) in [5.74, 6) is -0.842. The number of aromatic nitrogens is 5. The lowest BCUT2D eigenvalue weighted by Gasteiger charge is -2.38. The van der Waals surface area contributed by atoms with Crippen LogP contribution >= 0.6 is 0 Å². The predicted octanol–water partition coefficient (Wildman–Crippen LogP) is 3.92. The molecule has 2 N–H and O–H groups in total. The minimum Gasteiger partial charge on any atom is -0.388 e. The van der Waals surface area contributed by atoms with E-state index in [1.807, 2.05) is 19.2 Å². The number of rotatable bonds is 5. The summed E-state index contributed by atoms with van der Waals surface area (Å²) in [5, 5.41) is 18.0. The minimum atomic E-state index is -2.84. The topological polar surface area (TPSA) is 109 Å². The summed E-state index contributed by atoms with van der Waals surface area (Å²) in [6.45, 7) is 3.12. The van der Waals surface area contributed by atoms with Crippen molar-refractivity contribution < 1.29 is 23.1 Å². The molecule has 1 aliphatic heterocycles. The van der Waals surface area contributed by atoms with Gasteiger partial charge in [0.05, 0.1) is 23.4 Å². The van der Waals surface area contributed by atoms with Crippen LogP contribution in [0.2, 0.25) is 0 Å². The van der Waals surface area contributed by atoms with Crippen LogP contribution in [0.15, 0.2) is 36.8 Å². The zero-order valence-corrected chi connectivity index (χ0v) is 19.9. The van der Waals surface area contributed by atoms with Crippen LogP contribution in [0.5, 0.6) is 0 Å². The smallest absolute Gasteiger partial charge is 0.281 e. The molecule has 1 saturated carbocycles. The van der Waals surface area contributed by atoms with Gasteiger partial charge in [-0.3, -0.25) is 9.78 Å². The summed E-state index contributed by atoms with van der Waals surface area (Å²) in [7, 11) is 0. The fraction of sp³-hybridized carbons (Fsp3) is 0.400. The second-order valence-corrected chi connectivity index (χ2v) is 9.97. The van der Waals surface area contributed by atoms with E-state index in [4.69, 9.17) is 0 Å². The summed E-state index contributed by atoms with van der Waals surface area (Å²) in [5.41, 5.74) is 0.583. The number of fused-ring (bicyclic) bond motifs is 2. The van der Waals surface area contributed by atoms with Crippen molar-refractivity contribution in [1.29, 1.82) is 0 Å². The number of pyridine rings is 3. The number of hydrogen-bond donors (Lipinski definition) is 2. The Morgan fingerprint density at radius 1 is 1.24 bits per heavy atom. The maximum absolute atomic E-state index is 13.7. The highest BCUT2D eigenvalue weighted by molar-refractivity contribution is 6.00. The molecule has 1 saturated heterocycles. The molecule has 192 valence electrons. The molecule has 1 amide bonds. The van der Waals surface area contributed by atoms with Crippen LogP contribution in [0.4, 0.5) is 24.7 Å². The van der Waals surface area contributed by atoms with Gasteiger partial charge in [-0.25, -0.2) is 27.7 Å². The van der Waals surface area contributed by atoms with Crippen molar-refractivity contribution in [2.24, 2.45) is 5.92 Å². The van der Waals surface area contributed by atoms with Crippen LogP contribution in [0.25, 0.3) is 27.8 Å². The molecule has 0 aromatic carbocycles. The molecule has 37 heavy (non-hydrogen) atoms. The van der Waals surface area contributed by atoms with Crippen molar-refractivity contribution in [2.45, 2.75) is 44.4 Å². The lowest BCUT2D eigenvalue weighted by molar-refractivity contribution is -0.117. The molecule has 4 aromatic heterocycles. The summed E-state index contributed by atoms with van der Waals surface area (Å²) < 4.78 is 42.3. The van der Waals surface area contributed by atoms with Gasteiger partial charge < -0.3 is 15.3 Å². The molecule has 5 heterocycles. The number of anilines is 2. The van der Waals surface area contributed by atoms with Crippen molar-refractivity contribution >= 4 is 33.8 Å². The molecular formula is C25H24F3N7O2. The third-order valence-electron chi connectivity index (χ3n) is 6.91. The number of alkyl halides is 3. The van der Waals surface area contributed by atoms with E-state index in [9.17, 15) is 23.1 Å². The molecule has 0 radical (unpaired) electrons. The normalized spacial score (nSPS) is 23.7. The molecule has 3 atom stereocenters. The first kappa shape index (κ1) is 23.6. The van der Waals surface area contributed by atoms with Gasteiger partial charge in [-0.2, -0.15) is 0 Å². The van der Waals surface area contributed by atoms with Gasteiger partial charge in [-0.05, 0) is 44.4 Å². The Kier molecular flexibility index (Phi) is 5.51. The maximum atomic E-state index is 13.7. The Bertz CT molecular complexity index is 1520. The zero-order chi connectivity index (χ0) is 25.9. The first-order valence-corrected chi connectivity index (χ1v) is 12.0. The average molecular weight is 512 g/mol. The number of carbonyl (C=O) groups is 1. The quantitative estimate of drug-likeness (QED) is 0.418. The summed E-state index contributed by atoms with van der Waals surface area (Å²) in [6, 6.07) is 5.16. The lowest BCUT2D eigenvalue weighted by Crippen LogP contribution is -2.46. The number of carbonyl (C=O) groups excluding carboxylic acids is 1.